The number of rotatable bonds is 6. The number of carboxylic acids is 1. The molecule has 128 valence electrons. The Hall–Kier alpha value is -1.74. The first kappa shape index (κ1) is 17.6. The van der Waals surface area contributed by atoms with Gasteiger partial charge >= 0.3 is 5.97 Å². The van der Waals surface area contributed by atoms with E-state index >= 15 is 0 Å². The van der Waals surface area contributed by atoms with Crippen LogP contribution in [0.15, 0.2) is 23.1 Å². The maximum absolute atomic E-state index is 12.9. The van der Waals surface area contributed by atoms with E-state index in [1.165, 1.54) is 32.4 Å². The first-order valence-corrected chi connectivity index (χ1v) is 8.25. The lowest BCUT2D eigenvalue weighted by Gasteiger charge is -2.39. The van der Waals surface area contributed by atoms with E-state index in [1.807, 2.05) is 0 Å². The van der Waals surface area contributed by atoms with Gasteiger partial charge in [-0.1, -0.05) is 0 Å². The SMILES string of the molecule is COc1ccc(S(=O)(=O)N(C)C2CC(F)(F)C2)cc1CC(=O)O. The highest BCUT2D eigenvalue weighted by atomic mass is 32.2. The van der Waals surface area contributed by atoms with E-state index in [9.17, 15) is 22.0 Å². The fourth-order valence-corrected chi connectivity index (χ4v) is 3.87. The van der Waals surface area contributed by atoms with Crippen LogP contribution in [0.5, 0.6) is 5.75 Å². The molecule has 1 aromatic rings. The van der Waals surface area contributed by atoms with Gasteiger partial charge in [-0.2, -0.15) is 4.31 Å². The average Bonchev–Trinajstić information content (AvgIpc) is 2.43. The Kier molecular flexibility index (Phi) is 4.63. The molecule has 0 amide bonds. The lowest BCUT2D eigenvalue weighted by molar-refractivity contribution is -0.136. The van der Waals surface area contributed by atoms with Crippen LogP contribution in [0, 0.1) is 0 Å². The van der Waals surface area contributed by atoms with Crippen LogP contribution < -0.4 is 4.74 Å². The number of sulfonamides is 1. The highest BCUT2D eigenvalue weighted by Gasteiger charge is 2.49. The number of methoxy groups -OCH3 is 1. The molecule has 0 saturated heterocycles. The molecule has 0 radical (unpaired) electrons. The minimum absolute atomic E-state index is 0.146. The highest BCUT2D eigenvalue weighted by Crippen LogP contribution is 2.41. The number of carboxylic acid groups (broad SMARTS) is 1. The fraction of sp³-hybridized carbons (Fsp3) is 0.500. The van der Waals surface area contributed by atoms with Crippen molar-refractivity contribution in [3.05, 3.63) is 23.8 Å². The second-order valence-electron chi connectivity index (χ2n) is 5.48. The molecule has 0 bridgehead atoms. The summed E-state index contributed by atoms with van der Waals surface area (Å²) in [6, 6.07) is 3.07. The second kappa shape index (κ2) is 6.04. The molecule has 1 N–H and O–H groups in total. The van der Waals surface area contributed by atoms with E-state index in [0.29, 0.717) is 0 Å². The summed E-state index contributed by atoms with van der Waals surface area (Å²) in [5.74, 6) is -3.71. The van der Waals surface area contributed by atoms with E-state index < -0.39 is 47.2 Å². The molecule has 23 heavy (non-hydrogen) atoms. The van der Waals surface area contributed by atoms with Crippen LogP contribution in [0.2, 0.25) is 0 Å². The summed E-state index contributed by atoms with van der Waals surface area (Å²) in [7, 11) is -1.39. The molecular formula is C14H17F2NO5S. The largest absolute Gasteiger partial charge is 0.496 e. The van der Waals surface area contributed by atoms with Gasteiger partial charge in [0.05, 0.1) is 18.4 Å². The topological polar surface area (TPSA) is 83.9 Å². The lowest BCUT2D eigenvalue weighted by atomic mass is 9.88. The standard InChI is InChI=1S/C14H17F2NO5S/c1-17(10-7-14(15,16)8-10)23(20,21)11-3-4-12(22-2)9(5-11)6-13(18)19/h3-5,10H,6-8H2,1-2H3,(H,18,19). The van der Waals surface area contributed by atoms with Gasteiger partial charge in [-0.25, -0.2) is 17.2 Å². The zero-order valence-electron chi connectivity index (χ0n) is 12.6. The zero-order chi connectivity index (χ0) is 17.4. The number of carbonyl (C=O) groups is 1. The van der Waals surface area contributed by atoms with Crippen molar-refractivity contribution in [2.75, 3.05) is 14.2 Å². The number of ether oxygens (including phenoxy) is 1. The number of benzene rings is 1. The van der Waals surface area contributed by atoms with Crippen LogP contribution >= 0.6 is 0 Å². The molecular weight excluding hydrogens is 332 g/mol. The molecule has 1 aromatic carbocycles. The van der Waals surface area contributed by atoms with E-state index in [4.69, 9.17) is 9.84 Å². The summed E-state index contributed by atoms with van der Waals surface area (Å²) in [5.41, 5.74) is 0.202. The van der Waals surface area contributed by atoms with Gasteiger partial charge in [0.25, 0.3) is 5.92 Å². The number of hydrogen-bond donors (Lipinski definition) is 1. The number of nitrogens with zero attached hydrogens (tertiary/aromatic N) is 1. The van der Waals surface area contributed by atoms with Crippen molar-refractivity contribution >= 4 is 16.0 Å². The number of aliphatic carboxylic acids is 1. The van der Waals surface area contributed by atoms with Crippen LogP contribution in [-0.2, 0) is 21.2 Å². The molecule has 6 nitrogen and oxygen atoms in total. The van der Waals surface area contributed by atoms with Gasteiger partial charge in [0, 0.05) is 31.5 Å². The van der Waals surface area contributed by atoms with Crippen molar-refractivity contribution in [3.63, 3.8) is 0 Å². The Morgan fingerprint density at radius 1 is 1.43 bits per heavy atom. The molecule has 1 aliphatic rings. The molecule has 0 aromatic heterocycles. The number of hydrogen-bond acceptors (Lipinski definition) is 4. The Bertz CT molecular complexity index is 712. The van der Waals surface area contributed by atoms with Crippen molar-refractivity contribution in [3.8, 4) is 5.75 Å². The second-order valence-corrected chi connectivity index (χ2v) is 7.48. The average molecular weight is 349 g/mol. The summed E-state index contributed by atoms with van der Waals surface area (Å²) in [4.78, 5) is 10.7. The summed E-state index contributed by atoms with van der Waals surface area (Å²) in [6.07, 6.45) is -1.43. The third-order valence-corrected chi connectivity index (χ3v) is 5.76. The molecule has 1 saturated carbocycles. The summed E-state index contributed by atoms with van der Waals surface area (Å²) in [5, 5.41) is 8.88. The zero-order valence-corrected chi connectivity index (χ0v) is 13.4. The predicted octanol–water partition coefficient (Wildman–Crippen LogP) is 1.74. The van der Waals surface area contributed by atoms with E-state index in [2.05, 4.69) is 0 Å². The molecule has 1 aliphatic carbocycles. The Labute approximate surface area is 132 Å². The fourth-order valence-electron chi connectivity index (χ4n) is 2.47. The third-order valence-electron chi connectivity index (χ3n) is 3.85. The normalized spacial score (nSPS) is 17.8. The Morgan fingerprint density at radius 3 is 2.52 bits per heavy atom. The minimum Gasteiger partial charge on any atom is -0.496 e. The summed E-state index contributed by atoms with van der Waals surface area (Å²) < 4.78 is 56.8. The van der Waals surface area contributed by atoms with Crippen molar-refractivity contribution < 1.29 is 31.8 Å². The molecule has 9 heteroatoms. The number of alkyl halides is 2. The quantitative estimate of drug-likeness (QED) is 0.846. The van der Waals surface area contributed by atoms with Crippen LogP contribution in [0.1, 0.15) is 18.4 Å². The third kappa shape index (κ3) is 3.61. The van der Waals surface area contributed by atoms with Crippen molar-refractivity contribution in [1.29, 1.82) is 0 Å². The van der Waals surface area contributed by atoms with Crippen LogP contribution in [0.4, 0.5) is 8.78 Å². The van der Waals surface area contributed by atoms with E-state index in [0.717, 1.165) is 4.31 Å². The van der Waals surface area contributed by atoms with Crippen LogP contribution in [-0.4, -0.2) is 49.9 Å². The van der Waals surface area contributed by atoms with Crippen LogP contribution in [0.25, 0.3) is 0 Å². The molecule has 0 unspecified atom stereocenters. The van der Waals surface area contributed by atoms with Gasteiger partial charge in [-0.15, -0.1) is 0 Å². The number of halogens is 2. The Balaban J connectivity index is 2.31. The first-order valence-electron chi connectivity index (χ1n) is 6.81. The summed E-state index contributed by atoms with van der Waals surface area (Å²) >= 11 is 0. The van der Waals surface area contributed by atoms with Gasteiger partial charge < -0.3 is 9.84 Å². The van der Waals surface area contributed by atoms with Crippen molar-refractivity contribution in [1.82, 2.24) is 4.31 Å². The van der Waals surface area contributed by atoms with Crippen LogP contribution in [0.3, 0.4) is 0 Å². The van der Waals surface area contributed by atoms with Gasteiger partial charge in [0.1, 0.15) is 5.75 Å². The van der Waals surface area contributed by atoms with Gasteiger partial charge in [-0.05, 0) is 18.2 Å². The minimum atomic E-state index is -3.98. The van der Waals surface area contributed by atoms with E-state index in [-0.39, 0.29) is 16.2 Å². The van der Waals surface area contributed by atoms with E-state index in [1.54, 1.807) is 0 Å². The molecule has 1 fully saturated rings. The highest BCUT2D eigenvalue weighted by molar-refractivity contribution is 7.89. The monoisotopic (exact) mass is 349 g/mol. The van der Waals surface area contributed by atoms with Gasteiger partial charge in [0.2, 0.25) is 10.0 Å². The van der Waals surface area contributed by atoms with Gasteiger partial charge in [0.15, 0.2) is 0 Å². The molecule has 2 rings (SSSR count). The maximum Gasteiger partial charge on any atom is 0.307 e. The molecule has 0 spiro atoms. The molecule has 0 aliphatic heterocycles. The molecule has 0 atom stereocenters. The molecule has 0 heterocycles. The first-order chi connectivity index (χ1) is 10.6. The predicted molar refractivity (Wildman–Crippen MR) is 77.3 cm³/mol. The Morgan fingerprint density at radius 2 is 2.04 bits per heavy atom. The van der Waals surface area contributed by atoms with Gasteiger partial charge in [-0.3, -0.25) is 4.79 Å². The smallest absolute Gasteiger partial charge is 0.307 e. The lowest BCUT2D eigenvalue weighted by Crippen LogP contribution is -2.51. The maximum atomic E-state index is 12.9. The van der Waals surface area contributed by atoms with Crippen molar-refractivity contribution in [2.45, 2.75) is 36.1 Å². The summed E-state index contributed by atoms with van der Waals surface area (Å²) in [6.45, 7) is 0. The van der Waals surface area contributed by atoms with Crippen molar-refractivity contribution in [2.24, 2.45) is 0 Å².